The van der Waals surface area contributed by atoms with Crippen LogP contribution in [-0.4, -0.2) is 39.8 Å². The van der Waals surface area contributed by atoms with Crippen molar-refractivity contribution in [1.82, 2.24) is 4.90 Å². The zero-order chi connectivity index (χ0) is 18.4. The van der Waals surface area contributed by atoms with Crippen LogP contribution in [0.1, 0.15) is 6.42 Å². The van der Waals surface area contributed by atoms with E-state index in [1.807, 2.05) is 30.3 Å². The SMILES string of the molecule is O=C(COc1ccccc1[N+](=O)[O-])N1CCCSC1=Nc1ccccc1. The van der Waals surface area contributed by atoms with Gasteiger partial charge in [-0.25, -0.2) is 4.99 Å². The molecule has 1 amide bonds. The lowest BCUT2D eigenvalue weighted by atomic mass is 10.3. The third-order valence-corrected chi connectivity index (χ3v) is 4.75. The number of para-hydroxylation sites is 3. The molecular weight excluding hydrogens is 354 g/mol. The second-order valence-electron chi connectivity index (χ2n) is 5.49. The Morgan fingerprint density at radius 2 is 1.92 bits per heavy atom. The number of carbonyl (C=O) groups is 1. The fourth-order valence-corrected chi connectivity index (χ4v) is 3.42. The number of aliphatic imine (C=N–C) groups is 1. The number of carbonyl (C=O) groups excluding carboxylic acids is 1. The normalized spacial score (nSPS) is 15.7. The van der Waals surface area contributed by atoms with E-state index in [1.165, 1.54) is 23.9 Å². The van der Waals surface area contributed by atoms with Crippen LogP contribution >= 0.6 is 11.8 Å². The number of amides is 1. The molecule has 0 N–H and O–H groups in total. The van der Waals surface area contributed by atoms with Crippen LogP contribution in [0.3, 0.4) is 0 Å². The van der Waals surface area contributed by atoms with E-state index >= 15 is 0 Å². The minimum atomic E-state index is -0.529. The molecule has 134 valence electrons. The zero-order valence-electron chi connectivity index (χ0n) is 13.9. The quantitative estimate of drug-likeness (QED) is 0.592. The Hall–Kier alpha value is -2.87. The van der Waals surface area contributed by atoms with Crippen LogP contribution in [0, 0.1) is 10.1 Å². The van der Waals surface area contributed by atoms with Gasteiger partial charge < -0.3 is 4.74 Å². The second-order valence-corrected chi connectivity index (χ2v) is 6.55. The first-order valence-electron chi connectivity index (χ1n) is 8.08. The van der Waals surface area contributed by atoms with Crippen LogP contribution in [0.4, 0.5) is 11.4 Å². The molecule has 0 unspecified atom stereocenters. The summed E-state index contributed by atoms with van der Waals surface area (Å²) in [6, 6.07) is 15.4. The predicted molar refractivity (Wildman–Crippen MR) is 101 cm³/mol. The highest BCUT2D eigenvalue weighted by atomic mass is 32.2. The van der Waals surface area contributed by atoms with Gasteiger partial charge in [0.05, 0.1) is 10.6 Å². The van der Waals surface area contributed by atoms with Gasteiger partial charge in [0.15, 0.2) is 17.5 Å². The molecule has 2 aromatic rings. The first-order chi connectivity index (χ1) is 12.6. The Labute approximate surface area is 154 Å². The van der Waals surface area contributed by atoms with Crippen LogP contribution in [0.25, 0.3) is 0 Å². The third kappa shape index (κ3) is 4.40. The van der Waals surface area contributed by atoms with Gasteiger partial charge in [-0.1, -0.05) is 42.1 Å². The lowest BCUT2D eigenvalue weighted by Crippen LogP contribution is -2.41. The van der Waals surface area contributed by atoms with Gasteiger partial charge in [0.2, 0.25) is 0 Å². The smallest absolute Gasteiger partial charge is 0.310 e. The highest BCUT2D eigenvalue weighted by Crippen LogP contribution is 2.26. The van der Waals surface area contributed by atoms with Crippen molar-refractivity contribution in [3.05, 3.63) is 64.7 Å². The van der Waals surface area contributed by atoms with Crippen molar-refractivity contribution >= 4 is 34.2 Å². The zero-order valence-corrected chi connectivity index (χ0v) is 14.7. The van der Waals surface area contributed by atoms with Gasteiger partial charge in [0.25, 0.3) is 5.91 Å². The molecule has 1 aliphatic heterocycles. The molecule has 2 aromatic carbocycles. The Morgan fingerprint density at radius 1 is 1.19 bits per heavy atom. The van der Waals surface area contributed by atoms with E-state index in [0.717, 1.165) is 17.9 Å². The van der Waals surface area contributed by atoms with Gasteiger partial charge >= 0.3 is 5.69 Å². The average molecular weight is 371 g/mol. The number of hydrogen-bond acceptors (Lipinski definition) is 6. The summed E-state index contributed by atoms with van der Waals surface area (Å²) in [7, 11) is 0. The lowest BCUT2D eigenvalue weighted by Gasteiger charge is -2.27. The minimum absolute atomic E-state index is 0.0806. The van der Waals surface area contributed by atoms with E-state index in [2.05, 4.69) is 4.99 Å². The summed E-state index contributed by atoms with van der Waals surface area (Å²) >= 11 is 1.52. The lowest BCUT2D eigenvalue weighted by molar-refractivity contribution is -0.385. The average Bonchev–Trinajstić information content (AvgIpc) is 2.67. The minimum Gasteiger partial charge on any atom is -0.477 e. The standard InChI is InChI=1S/C18H17N3O4S/c22-17(13-25-16-10-5-4-9-15(16)21(23)24)20-11-6-12-26-18(20)19-14-7-2-1-3-8-14/h1-5,7-10H,6,11-13H2. The van der Waals surface area contributed by atoms with Crippen LogP contribution in [-0.2, 0) is 4.79 Å². The summed E-state index contributed by atoms with van der Waals surface area (Å²) < 4.78 is 5.41. The maximum atomic E-state index is 12.6. The van der Waals surface area contributed by atoms with Gasteiger partial charge in [-0.15, -0.1) is 0 Å². The van der Waals surface area contributed by atoms with E-state index in [-0.39, 0.29) is 24.0 Å². The summed E-state index contributed by atoms with van der Waals surface area (Å²) in [6.07, 6.45) is 0.857. The number of thioether (sulfide) groups is 1. The Balaban J connectivity index is 1.72. The fraction of sp³-hybridized carbons (Fsp3) is 0.222. The molecule has 8 heteroatoms. The number of benzene rings is 2. The van der Waals surface area contributed by atoms with Crippen molar-refractivity contribution < 1.29 is 14.5 Å². The van der Waals surface area contributed by atoms with Crippen molar-refractivity contribution in [1.29, 1.82) is 0 Å². The maximum Gasteiger partial charge on any atom is 0.310 e. The molecule has 0 bridgehead atoms. The molecule has 1 heterocycles. The van der Waals surface area contributed by atoms with E-state index < -0.39 is 4.92 Å². The molecule has 0 aromatic heterocycles. The predicted octanol–water partition coefficient (Wildman–Crippen LogP) is 3.63. The molecular formula is C18H17N3O4S. The fourth-order valence-electron chi connectivity index (χ4n) is 2.44. The Morgan fingerprint density at radius 3 is 2.69 bits per heavy atom. The van der Waals surface area contributed by atoms with Gasteiger partial charge in [-0.3, -0.25) is 19.8 Å². The molecule has 7 nitrogen and oxygen atoms in total. The highest BCUT2D eigenvalue weighted by molar-refractivity contribution is 8.13. The molecule has 1 saturated heterocycles. The largest absolute Gasteiger partial charge is 0.477 e. The monoisotopic (exact) mass is 371 g/mol. The molecule has 0 radical (unpaired) electrons. The summed E-state index contributed by atoms with van der Waals surface area (Å²) in [6.45, 7) is 0.275. The van der Waals surface area contributed by atoms with E-state index in [4.69, 9.17) is 4.74 Å². The molecule has 0 atom stereocenters. The van der Waals surface area contributed by atoms with Gasteiger partial charge in [0, 0.05) is 18.4 Å². The summed E-state index contributed by atoms with van der Waals surface area (Å²) in [4.78, 5) is 29.2. The van der Waals surface area contributed by atoms with Gasteiger partial charge in [-0.2, -0.15) is 0 Å². The van der Waals surface area contributed by atoms with E-state index in [0.29, 0.717) is 11.7 Å². The van der Waals surface area contributed by atoms with Crippen LogP contribution < -0.4 is 4.74 Å². The van der Waals surface area contributed by atoms with Crippen molar-refractivity contribution in [3.8, 4) is 5.75 Å². The molecule has 26 heavy (non-hydrogen) atoms. The molecule has 1 aliphatic rings. The Bertz CT molecular complexity index is 826. The van der Waals surface area contributed by atoms with Crippen molar-refractivity contribution in [2.45, 2.75) is 6.42 Å². The summed E-state index contributed by atoms with van der Waals surface area (Å²) in [5.74, 6) is 0.697. The number of ether oxygens (including phenoxy) is 1. The molecule has 3 rings (SSSR count). The molecule has 0 spiro atoms. The van der Waals surface area contributed by atoms with Crippen LogP contribution in [0.5, 0.6) is 5.75 Å². The Kier molecular flexibility index (Phi) is 5.85. The topological polar surface area (TPSA) is 85.0 Å². The number of nitrogens with zero attached hydrogens (tertiary/aromatic N) is 3. The maximum absolute atomic E-state index is 12.6. The first kappa shape index (κ1) is 17.9. The number of nitro benzene ring substituents is 1. The highest BCUT2D eigenvalue weighted by Gasteiger charge is 2.25. The first-order valence-corrected chi connectivity index (χ1v) is 9.07. The summed E-state index contributed by atoms with van der Waals surface area (Å²) in [5.41, 5.74) is 0.612. The van der Waals surface area contributed by atoms with E-state index in [9.17, 15) is 14.9 Å². The second kappa shape index (κ2) is 8.48. The van der Waals surface area contributed by atoms with Crippen LogP contribution in [0.2, 0.25) is 0 Å². The number of hydrogen-bond donors (Lipinski definition) is 0. The molecule has 0 aliphatic carbocycles. The molecule has 0 saturated carbocycles. The number of rotatable bonds is 5. The number of nitro groups is 1. The van der Waals surface area contributed by atoms with Gasteiger partial charge in [-0.05, 0) is 24.6 Å². The van der Waals surface area contributed by atoms with Crippen molar-refractivity contribution in [2.24, 2.45) is 4.99 Å². The molecule has 1 fully saturated rings. The third-order valence-electron chi connectivity index (χ3n) is 3.68. The number of amidine groups is 1. The van der Waals surface area contributed by atoms with Gasteiger partial charge in [0.1, 0.15) is 0 Å². The van der Waals surface area contributed by atoms with Crippen molar-refractivity contribution in [3.63, 3.8) is 0 Å². The van der Waals surface area contributed by atoms with Crippen LogP contribution in [0.15, 0.2) is 59.6 Å². The van der Waals surface area contributed by atoms with E-state index in [1.54, 1.807) is 17.0 Å². The van der Waals surface area contributed by atoms with Crippen molar-refractivity contribution in [2.75, 3.05) is 18.9 Å². The summed E-state index contributed by atoms with van der Waals surface area (Å²) in [5, 5.41) is 11.7.